The molecule has 8 amide bonds. The van der Waals surface area contributed by atoms with E-state index >= 15 is 0 Å². The molecule has 0 spiro atoms. The Morgan fingerprint density at radius 3 is 1.31 bits per heavy atom. The molecule has 0 aromatic rings. The summed E-state index contributed by atoms with van der Waals surface area (Å²) in [5, 5.41) is 71.5. The van der Waals surface area contributed by atoms with Crippen molar-refractivity contribution in [2.75, 3.05) is 26.2 Å². The molecule has 28 nitrogen and oxygen atoms in total. The van der Waals surface area contributed by atoms with Gasteiger partial charge in [0.15, 0.2) is 0 Å². The van der Waals surface area contributed by atoms with E-state index in [1.54, 1.807) is 0 Å². The van der Waals surface area contributed by atoms with Crippen molar-refractivity contribution in [1.82, 2.24) is 42.5 Å². The third kappa shape index (κ3) is 21.2. The molecule has 28 heteroatoms. The molecule has 0 aromatic carbocycles. The van der Waals surface area contributed by atoms with Crippen LogP contribution in [0.3, 0.4) is 0 Å². The normalized spacial score (nSPS) is 13.6. The monoisotopic (exact) mass is 835 g/mol. The van der Waals surface area contributed by atoms with Gasteiger partial charge in [0, 0.05) is 12.8 Å². The van der Waals surface area contributed by atoms with Gasteiger partial charge in [-0.3, -0.25) is 57.5 Å². The second kappa shape index (κ2) is 26.0. The zero-order valence-corrected chi connectivity index (χ0v) is 30.6. The lowest BCUT2D eigenvalue weighted by Gasteiger charge is -2.25. The number of rotatable bonds is 28. The Kier molecular flexibility index (Phi) is 22.9. The number of hydrogen-bond donors (Lipinski definition) is 15. The topological polar surface area (TPSA) is 466 Å². The average molecular weight is 836 g/mol. The molecule has 0 aliphatic rings. The molecule has 0 heterocycles. The number of nitrogens with one attached hydrogen (secondary N) is 8. The van der Waals surface area contributed by atoms with Crippen LogP contribution >= 0.6 is 0 Å². The van der Waals surface area contributed by atoms with Crippen molar-refractivity contribution in [2.45, 2.75) is 81.7 Å². The van der Waals surface area contributed by atoms with Gasteiger partial charge in [-0.2, -0.15) is 0 Å². The van der Waals surface area contributed by atoms with Crippen LogP contribution in [0.15, 0.2) is 0 Å². The van der Waals surface area contributed by atoms with Gasteiger partial charge in [-0.1, -0.05) is 0 Å². The second-order valence-corrected chi connectivity index (χ2v) is 11.9. The zero-order chi connectivity index (χ0) is 44.7. The van der Waals surface area contributed by atoms with Gasteiger partial charge < -0.3 is 78.9 Å². The van der Waals surface area contributed by atoms with Gasteiger partial charge in [0.05, 0.1) is 39.1 Å². The fourth-order valence-corrected chi connectivity index (χ4v) is 4.31. The molecule has 16 N–H and O–H groups in total. The maximum Gasteiger partial charge on any atom is 0.326 e. The number of carboxylic acid groups (broad SMARTS) is 5. The van der Waals surface area contributed by atoms with E-state index in [1.165, 1.54) is 6.92 Å². The molecule has 0 unspecified atom stereocenters. The molecule has 324 valence electrons. The Morgan fingerprint density at radius 1 is 0.466 bits per heavy atom. The lowest BCUT2D eigenvalue weighted by Crippen LogP contribution is -2.59. The first kappa shape index (κ1) is 51.0. The molecule has 0 saturated heterocycles. The van der Waals surface area contributed by atoms with Crippen LogP contribution in [0, 0.1) is 0 Å². The number of nitrogens with two attached hydrogens (primary N) is 1. The molecular formula is C30H45N9O19. The fourth-order valence-electron chi connectivity index (χ4n) is 4.31. The Hall–Kier alpha value is -6.97. The third-order valence-corrected chi connectivity index (χ3v) is 7.22. The first-order valence-electron chi connectivity index (χ1n) is 16.8. The van der Waals surface area contributed by atoms with E-state index in [2.05, 4.69) is 10.6 Å². The number of carbonyl (C=O) groups is 13. The molecule has 58 heavy (non-hydrogen) atoms. The summed E-state index contributed by atoms with van der Waals surface area (Å²) in [7, 11) is 0. The summed E-state index contributed by atoms with van der Waals surface area (Å²) >= 11 is 0. The molecule has 0 aliphatic carbocycles. The smallest absolute Gasteiger partial charge is 0.326 e. The minimum absolute atomic E-state index is 0.425. The largest absolute Gasteiger partial charge is 0.481 e. The minimum Gasteiger partial charge on any atom is -0.481 e. The second-order valence-electron chi connectivity index (χ2n) is 11.9. The molecule has 0 radical (unpaired) electrons. The van der Waals surface area contributed by atoms with Crippen molar-refractivity contribution in [1.29, 1.82) is 0 Å². The number of aliphatic hydroxyl groups excluding tert-OH is 1. The summed E-state index contributed by atoms with van der Waals surface area (Å²) in [6, 6.07) is -10.7. The van der Waals surface area contributed by atoms with Crippen LogP contribution in [-0.2, 0) is 62.3 Å². The van der Waals surface area contributed by atoms with Crippen LogP contribution in [-0.4, -0.2) is 170 Å². The summed E-state index contributed by atoms with van der Waals surface area (Å²) < 4.78 is 0. The average Bonchev–Trinajstić information content (AvgIpc) is 3.13. The zero-order valence-electron chi connectivity index (χ0n) is 30.6. The first-order chi connectivity index (χ1) is 27.0. The number of hydrogen-bond acceptors (Lipinski definition) is 15. The Bertz CT molecular complexity index is 1590. The maximum absolute atomic E-state index is 13.1. The van der Waals surface area contributed by atoms with E-state index < -0.39 is 178 Å². The first-order valence-corrected chi connectivity index (χ1v) is 16.8. The summed E-state index contributed by atoms with van der Waals surface area (Å²) in [4.78, 5) is 156. The molecule has 0 aromatic heterocycles. The number of carbonyl (C=O) groups excluding carboxylic acids is 8. The maximum atomic E-state index is 13.1. The van der Waals surface area contributed by atoms with Crippen molar-refractivity contribution < 1.29 is 93.0 Å². The van der Waals surface area contributed by atoms with Crippen molar-refractivity contribution in [3.8, 4) is 0 Å². The van der Waals surface area contributed by atoms with Gasteiger partial charge in [-0.05, 0) is 19.8 Å². The van der Waals surface area contributed by atoms with Gasteiger partial charge in [0.25, 0.3) is 0 Å². The Labute approximate surface area is 326 Å². The van der Waals surface area contributed by atoms with E-state index in [9.17, 15) is 77.6 Å². The lowest BCUT2D eigenvalue weighted by molar-refractivity contribution is -0.145. The highest BCUT2D eigenvalue weighted by atomic mass is 16.4. The van der Waals surface area contributed by atoms with Gasteiger partial charge in [0.1, 0.15) is 36.3 Å². The summed E-state index contributed by atoms with van der Waals surface area (Å²) in [6.07, 6.45) is -5.04. The molecule has 0 saturated carbocycles. The highest BCUT2D eigenvalue weighted by molar-refractivity contribution is 5.98. The van der Waals surface area contributed by atoms with Gasteiger partial charge in [0.2, 0.25) is 47.3 Å². The number of amides is 8. The van der Waals surface area contributed by atoms with Crippen LogP contribution in [0.2, 0.25) is 0 Å². The van der Waals surface area contributed by atoms with Gasteiger partial charge >= 0.3 is 29.8 Å². The fraction of sp³-hybridized carbons (Fsp3) is 0.567. The van der Waals surface area contributed by atoms with E-state index in [1.807, 2.05) is 31.9 Å². The van der Waals surface area contributed by atoms with Crippen LogP contribution < -0.4 is 48.3 Å². The highest BCUT2D eigenvalue weighted by Gasteiger charge is 2.33. The number of aliphatic carboxylic acids is 5. The summed E-state index contributed by atoms with van der Waals surface area (Å²) in [6.45, 7) is -2.17. The standard InChI is InChI=1S/C30H45N9O19/c1-12(34-18(41)8-31)25(52)32-9-19(42)35-15(6-23(48)49)26(53)33-10-20(43)36-17(11-40)29(56)39-16(7-24(50)51)28(55)37-13(2-4-21(44)45)27(54)38-14(30(57)58)3-5-22(46)47/h12-17,40H,2-11,31H2,1H3,(H,32,52)(H,33,53)(H,34,41)(H,35,42)(H,36,43)(H,37,55)(H,38,54)(H,39,56)(H,44,45)(H,46,47)(H,48,49)(H,50,51)(H,57,58)/t12-,13-,14-,15-,16-,17-/m0/s1. The number of carboxylic acids is 5. The van der Waals surface area contributed by atoms with Crippen LogP contribution in [0.4, 0.5) is 0 Å². The summed E-state index contributed by atoms with van der Waals surface area (Å²) in [5.74, 6) is -17.1. The van der Waals surface area contributed by atoms with E-state index in [0.717, 1.165) is 0 Å². The molecule has 0 fully saturated rings. The van der Waals surface area contributed by atoms with Gasteiger partial charge in [-0.25, -0.2) is 4.79 Å². The van der Waals surface area contributed by atoms with Crippen molar-refractivity contribution in [3.63, 3.8) is 0 Å². The quantitative estimate of drug-likeness (QED) is 0.0348. The van der Waals surface area contributed by atoms with Crippen LogP contribution in [0.5, 0.6) is 0 Å². The van der Waals surface area contributed by atoms with Crippen LogP contribution in [0.1, 0.15) is 45.4 Å². The SMILES string of the molecule is C[C@H](NC(=O)CN)C(=O)NCC(=O)N[C@@H](CC(=O)O)C(=O)NCC(=O)N[C@@H](CO)C(=O)N[C@@H](CC(=O)O)C(=O)N[C@@H](CCC(=O)O)C(=O)N[C@@H](CCC(=O)O)C(=O)O. The van der Waals surface area contributed by atoms with Crippen molar-refractivity contribution >= 4 is 77.1 Å². The molecule has 0 aliphatic heterocycles. The van der Waals surface area contributed by atoms with E-state index in [4.69, 9.17) is 21.1 Å². The molecular weight excluding hydrogens is 790 g/mol. The van der Waals surface area contributed by atoms with Crippen LogP contribution in [0.25, 0.3) is 0 Å². The minimum atomic E-state index is -2.09. The highest BCUT2D eigenvalue weighted by Crippen LogP contribution is 2.05. The van der Waals surface area contributed by atoms with E-state index in [-0.39, 0.29) is 0 Å². The lowest BCUT2D eigenvalue weighted by atomic mass is 10.1. The summed E-state index contributed by atoms with van der Waals surface area (Å²) in [5.41, 5.74) is 5.13. The van der Waals surface area contributed by atoms with Gasteiger partial charge in [-0.15, -0.1) is 0 Å². The van der Waals surface area contributed by atoms with E-state index in [0.29, 0.717) is 0 Å². The molecule has 0 rings (SSSR count). The predicted molar refractivity (Wildman–Crippen MR) is 185 cm³/mol. The molecule has 6 atom stereocenters. The Balaban J connectivity index is 5.67. The predicted octanol–water partition coefficient (Wildman–Crippen LogP) is -8.14. The van der Waals surface area contributed by atoms with Crippen molar-refractivity contribution in [3.05, 3.63) is 0 Å². The van der Waals surface area contributed by atoms with Crippen molar-refractivity contribution in [2.24, 2.45) is 5.73 Å². The number of aliphatic hydroxyl groups is 1. The Morgan fingerprint density at radius 2 is 0.862 bits per heavy atom. The third-order valence-electron chi connectivity index (χ3n) is 7.22. The molecule has 0 bridgehead atoms.